The molecule has 1 aromatic carbocycles. The van der Waals surface area contributed by atoms with Crippen molar-refractivity contribution in [1.29, 1.82) is 0 Å². The first-order chi connectivity index (χ1) is 13.1. The van der Waals surface area contributed by atoms with Crippen molar-refractivity contribution in [1.82, 2.24) is 24.8 Å². The number of pyridine rings is 1. The fraction of sp³-hybridized carbons (Fsp3) is 0.300. The number of para-hydroxylation sites is 1. The van der Waals surface area contributed by atoms with Gasteiger partial charge in [-0.15, -0.1) is 0 Å². The van der Waals surface area contributed by atoms with Crippen molar-refractivity contribution in [3.8, 4) is 0 Å². The molecule has 0 aliphatic carbocycles. The zero-order valence-electron chi connectivity index (χ0n) is 15.3. The molecule has 0 bridgehead atoms. The number of piperazine rings is 1. The third-order valence-corrected chi connectivity index (χ3v) is 4.81. The number of carbonyl (C=O) groups excluding carboxylic acids is 1. The molecule has 1 aliphatic rings. The Morgan fingerprint density at radius 3 is 2.56 bits per heavy atom. The summed E-state index contributed by atoms with van der Waals surface area (Å²) in [6, 6.07) is 13.3. The fourth-order valence-corrected chi connectivity index (χ4v) is 3.35. The molecule has 0 unspecified atom stereocenters. The maximum absolute atomic E-state index is 12.6. The molecule has 3 heterocycles. The number of carbonyl (C=O) groups is 1. The molecule has 7 heteroatoms. The van der Waals surface area contributed by atoms with Gasteiger partial charge < -0.3 is 10.6 Å². The van der Waals surface area contributed by atoms with Crippen LogP contribution in [-0.2, 0) is 6.54 Å². The minimum atomic E-state index is -0.00968. The molecule has 4 rings (SSSR count). The van der Waals surface area contributed by atoms with Crippen LogP contribution in [0.4, 0.5) is 5.82 Å². The summed E-state index contributed by atoms with van der Waals surface area (Å²) in [5.41, 5.74) is 8.29. The SMILES string of the molecule is Cc1cccc(C(=O)N2CCN(Cc3nc(N)c4ccccc4n3)CC2)n1. The van der Waals surface area contributed by atoms with E-state index in [-0.39, 0.29) is 5.91 Å². The van der Waals surface area contributed by atoms with E-state index in [0.717, 1.165) is 29.7 Å². The van der Waals surface area contributed by atoms with Gasteiger partial charge in [-0.3, -0.25) is 9.69 Å². The van der Waals surface area contributed by atoms with Crippen LogP contribution in [0.15, 0.2) is 42.5 Å². The molecule has 3 aromatic rings. The average Bonchev–Trinajstić information content (AvgIpc) is 2.68. The van der Waals surface area contributed by atoms with Crippen LogP contribution >= 0.6 is 0 Å². The Morgan fingerprint density at radius 2 is 1.78 bits per heavy atom. The predicted octanol–water partition coefficient (Wildman–Crippen LogP) is 1.87. The lowest BCUT2D eigenvalue weighted by atomic mass is 10.2. The summed E-state index contributed by atoms with van der Waals surface area (Å²) in [4.78, 5) is 30.1. The molecular formula is C20H22N6O. The number of nitrogens with zero attached hydrogens (tertiary/aromatic N) is 5. The highest BCUT2D eigenvalue weighted by atomic mass is 16.2. The first kappa shape index (κ1) is 17.4. The molecule has 0 atom stereocenters. The highest BCUT2D eigenvalue weighted by molar-refractivity contribution is 5.92. The Balaban J connectivity index is 1.40. The van der Waals surface area contributed by atoms with E-state index in [9.17, 15) is 4.79 Å². The van der Waals surface area contributed by atoms with Crippen LogP contribution < -0.4 is 5.73 Å². The summed E-state index contributed by atoms with van der Waals surface area (Å²) in [5.74, 6) is 1.21. The van der Waals surface area contributed by atoms with Gasteiger partial charge >= 0.3 is 0 Å². The van der Waals surface area contributed by atoms with Gasteiger partial charge in [0.2, 0.25) is 0 Å². The Bertz CT molecular complexity index is 981. The zero-order chi connectivity index (χ0) is 18.8. The zero-order valence-corrected chi connectivity index (χ0v) is 15.3. The second-order valence-corrected chi connectivity index (χ2v) is 6.77. The number of nitrogens with two attached hydrogens (primary N) is 1. The van der Waals surface area contributed by atoms with Crippen molar-refractivity contribution in [2.24, 2.45) is 0 Å². The normalized spacial score (nSPS) is 15.2. The van der Waals surface area contributed by atoms with Gasteiger partial charge in [-0.2, -0.15) is 0 Å². The van der Waals surface area contributed by atoms with Crippen molar-refractivity contribution < 1.29 is 4.79 Å². The lowest BCUT2D eigenvalue weighted by molar-refractivity contribution is 0.0619. The molecule has 2 aromatic heterocycles. The minimum Gasteiger partial charge on any atom is -0.383 e. The van der Waals surface area contributed by atoms with Crippen molar-refractivity contribution in [2.75, 3.05) is 31.9 Å². The third-order valence-electron chi connectivity index (χ3n) is 4.81. The van der Waals surface area contributed by atoms with Gasteiger partial charge in [0.1, 0.15) is 17.3 Å². The van der Waals surface area contributed by atoms with Crippen LogP contribution in [0.1, 0.15) is 22.0 Å². The highest BCUT2D eigenvalue weighted by Gasteiger charge is 2.23. The maximum atomic E-state index is 12.6. The monoisotopic (exact) mass is 362 g/mol. The molecule has 7 nitrogen and oxygen atoms in total. The number of aromatic nitrogens is 3. The molecule has 1 amide bonds. The molecule has 27 heavy (non-hydrogen) atoms. The van der Waals surface area contributed by atoms with Crippen molar-refractivity contribution in [3.05, 3.63) is 59.7 Å². The minimum absolute atomic E-state index is 0.00968. The van der Waals surface area contributed by atoms with E-state index in [0.29, 0.717) is 37.0 Å². The largest absolute Gasteiger partial charge is 0.383 e. The summed E-state index contributed by atoms with van der Waals surface area (Å²) in [7, 11) is 0. The van der Waals surface area contributed by atoms with E-state index in [4.69, 9.17) is 5.73 Å². The maximum Gasteiger partial charge on any atom is 0.272 e. The van der Waals surface area contributed by atoms with E-state index >= 15 is 0 Å². The van der Waals surface area contributed by atoms with Crippen LogP contribution in [0.25, 0.3) is 10.9 Å². The average molecular weight is 362 g/mol. The summed E-state index contributed by atoms with van der Waals surface area (Å²) < 4.78 is 0. The van der Waals surface area contributed by atoms with E-state index < -0.39 is 0 Å². The highest BCUT2D eigenvalue weighted by Crippen LogP contribution is 2.18. The summed E-state index contributed by atoms with van der Waals surface area (Å²) in [6.07, 6.45) is 0. The number of nitrogen functional groups attached to an aromatic ring is 1. The van der Waals surface area contributed by atoms with Crippen LogP contribution in [-0.4, -0.2) is 56.8 Å². The second-order valence-electron chi connectivity index (χ2n) is 6.77. The Kier molecular flexibility index (Phi) is 4.68. The van der Waals surface area contributed by atoms with Crippen LogP contribution in [0.3, 0.4) is 0 Å². The fourth-order valence-electron chi connectivity index (χ4n) is 3.35. The number of amides is 1. The molecule has 1 aliphatic heterocycles. The molecular weight excluding hydrogens is 340 g/mol. The van der Waals surface area contributed by atoms with Crippen molar-refractivity contribution >= 4 is 22.6 Å². The lowest BCUT2D eigenvalue weighted by Crippen LogP contribution is -2.48. The quantitative estimate of drug-likeness (QED) is 0.765. The standard InChI is InChI=1S/C20H22N6O/c1-14-5-4-8-17(22-14)20(27)26-11-9-25(10-12-26)13-18-23-16-7-3-2-6-15(16)19(21)24-18/h2-8H,9-13H2,1H3,(H2,21,23,24). The molecule has 138 valence electrons. The number of hydrogen-bond donors (Lipinski definition) is 1. The van der Waals surface area contributed by atoms with Gasteiger partial charge in [0.05, 0.1) is 12.1 Å². The van der Waals surface area contributed by atoms with Crippen LogP contribution in [0.5, 0.6) is 0 Å². The lowest BCUT2D eigenvalue weighted by Gasteiger charge is -2.34. The summed E-state index contributed by atoms with van der Waals surface area (Å²) in [5, 5.41) is 0.877. The Hall–Kier alpha value is -3.06. The number of rotatable bonds is 3. The van der Waals surface area contributed by atoms with Gasteiger partial charge in [-0.1, -0.05) is 18.2 Å². The van der Waals surface area contributed by atoms with Crippen LogP contribution in [0.2, 0.25) is 0 Å². The van der Waals surface area contributed by atoms with Gasteiger partial charge in [-0.25, -0.2) is 15.0 Å². The first-order valence-corrected chi connectivity index (χ1v) is 9.06. The van der Waals surface area contributed by atoms with E-state index in [1.54, 1.807) is 6.07 Å². The van der Waals surface area contributed by atoms with Gasteiger partial charge in [0.25, 0.3) is 5.91 Å². The van der Waals surface area contributed by atoms with Crippen molar-refractivity contribution in [3.63, 3.8) is 0 Å². The predicted molar refractivity (Wildman–Crippen MR) is 104 cm³/mol. The Morgan fingerprint density at radius 1 is 1.00 bits per heavy atom. The molecule has 0 radical (unpaired) electrons. The molecule has 2 N–H and O–H groups in total. The third kappa shape index (κ3) is 3.73. The van der Waals surface area contributed by atoms with E-state index in [1.165, 1.54) is 0 Å². The summed E-state index contributed by atoms with van der Waals surface area (Å²) in [6.45, 7) is 5.39. The first-order valence-electron chi connectivity index (χ1n) is 9.06. The molecule has 1 saturated heterocycles. The number of fused-ring (bicyclic) bond motifs is 1. The molecule has 0 saturated carbocycles. The number of aryl methyl sites for hydroxylation is 1. The number of benzene rings is 1. The number of hydrogen-bond acceptors (Lipinski definition) is 6. The van der Waals surface area contributed by atoms with Gasteiger partial charge in [-0.05, 0) is 31.2 Å². The van der Waals surface area contributed by atoms with E-state index in [2.05, 4.69) is 19.9 Å². The van der Waals surface area contributed by atoms with Crippen LogP contribution in [0, 0.1) is 6.92 Å². The topological polar surface area (TPSA) is 88.2 Å². The van der Waals surface area contributed by atoms with Gasteiger partial charge in [0.15, 0.2) is 0 Å². The van der Waals surface area contributed by atoms with E-state index in [1.807, 2.05) is 48.2 Å². The number of anilines is 1. The van der Waals surface area contributed by atoms with Gasteiger partial charge in [0, 0.05) is 37.3 Å². The second kappa shape index (κ2) is 7.28. The molecule has 0 spiro atoms. The van der Waals surface area contributed by atoms with Crippen molar-refractivity contribution in [2.45, 2.75) is 13.5 Å². The summed E-state index contributed by atoms with van der Waals surface area (Å²) >= 11 is 0. The smallest absolute Gasteiger partial charge is 0.272 e. The Labute approximate surface area is 157 Å². The molecule has 1 fully saturated rings.